The van der Waals surface area contributed by atoms with E-state index in [1.807, 2.05) is 24.3 Å². The summed E-state index contributed by atoms with van der Waals surface area (Å²) >= 11 is 0. The maximum absolute atomic E-state index is 12.4. The molecule has 2 bridgehead atoms. The first kappa shape index (κ1) is 19.1. The van der Waals surface area contributed by atoms with Crippen LogP contribution in [0.25, 0.3) is 0 Å². The number of esters is 1. The lowest BCUT2D eigenvalue weighted by molar-refractivity contribution is -0.153. The molecule has 1 amide bonds. The molecule has 3 atom stereocenters. The molecule has 0 aromatic heterocycles. The van der Waals surface area contributed by atoms with Gasteiger partial charge >= 0.3 is 5.97 Å². The van der Waals surface area contributed by atoms with Crippen LogP contribution in [0.15, 0.2) is 24.3 Å². The van der Waals surface area contributed by atoms with Gasteiger partial charge in [-0.2, -0.15) is 0 Å². The minimum absolute atomic E-state index is 0.0873. The average Bonchev–Trinajstić information content (AvgIpc) is 3.35. The van der Waals surface area contributed by atoms with Crippen molar-refractivity contribution >= 4 is 17.6 Å². The first-order valence-electron chi connectivity index (χ1n) is 10.4. The summed E-state index contributed by atoms with van der Waals surface area (Å²) in [7, 11) is 1.66. The highest BCUT2D eigenvalue weighted by Crippen LogP contribution is 2.49. The van der Waals surface area contributed by atoms with E-state index in [-0.39, 0.29) is 18.5 Å². The molecule has 1 aromatic carbocycles. The predicted octanol–water partition coefficient (Wildman–Crippen LogP) is 2.71. The maximum Gasteiger partial charge on any atom is 0.306 e. The summed E-state index contributed by atoms with van der Waals surface area (Å²) in [5.41, 5.74) is 1.13. The van der Waals surface area contributed by atoms with Gasteiger partial charge in [0.25, 0.3) is 5.91 Å². The normalized spacial score (nSPS) is 26.4. The highest BCUT2D eigenvalue weighted by Gasteiger charge is 2.40. The van der Waals surface area contributed by atoms with E-state index >= 15 is 0 Å². The molecule has 6 heteroatoms. The number of carbonyl (C=O) groups excluding carboxylic acids is 2. The third-order valence-corrected chi connectivity index (χ3v) is 6.74. The summed E-state index contributed by atoms with van der Waals surface area (Å²) in [6.07, 6.45) is 5.54. The number of ether oxygens (including phenoxy) is 2. The zero-order valence-corrected chi connectivity index (χ0v) is 16.6. The Labute approximate surface area is 166 Å². The first-order valence-corrected chi connectivity index (χ1v) is 10.4. The summed E-state index contributed by atoms with van der Waals surface area (Å²) < 4.78 is 10.5. The molecule has 1 aliphatic heterocycles. The van der Waals surface area contributed by atoms with Crippen LogP contribution in [0.3, 0.4) is 0 Å². The van der Waals surface area contributed by atoms with Gasteiger partial charge in [-0.25, -0.2) is 0 Å². The van der Waals surface area contributed by atoms with Gasteiger partial charge in [0.05, 0.1) is 7.11 Å². The predicted molar refractivity (Wildman–Crippen MR) is 106 cm³/mol. The molecule has 2 saturated carbocycles. The van der Waals surface area contributed by atoms with Crippen LogP contribution in [0.2, 0.25) is 0 Å². The number of hydrogen-bond donors (Lipinski definition) is 0. The van der Waals surface area contributed by atoms with Crippen molar-refractivity contribution < 1.29 is 19.1 Å². The number of methoxy groups -OCH3 is 1. The Morgan fingerprint density at radius 1 is 1.04 bits per heavy atom. The summed E-state index contributed by atoms with van der Waals surface area (Å²) in [5.74, 6) is 2.56. The summed E-state index contributed by atoms with van der Waals surface area (Å²) in [6, 6.07) is 7.96. The molecule has 3 aliphatic rings. The van der Waals surface area contributed by atoms with Crippen LogP contribution >= 0.6 is 0 Å². The van der Waals surface area contributed by atoms with Crippen molar-refractivity contribution in [3.63, 3.8) is 0 Å². The van der Waals surface area contributed by atoms with Gasteiger partial charge in [-0.05, 0) is 61.3 Å². The van der Waals surface area contributed by atoms with Crippen LogP contribution in [-0.2, 0) is 14.3 Å². The van der Waals surface area contributed by atoms with E-state index in [9.17, 15) is 9.59 Å². The number of rotatable bonds is 6. The number of hydrogen-bond acceptors (Lipinski definition) is 5. The minimum Gasteiger partial charge on any atom is -0.497 e. The molecular weight excluding hydrogens is 356 g/mol. The van der Waals surface area contributed by atoms with Gasteiger partial charge in [0.15, 0.2) is 6.61 Å². The summed E-state index contributed by atoms with van der Waals surface area (Å²) in [6.45, 7) is 2.72. The second-order valence-electron chi connectivity index (χ2n) is 8.37. The molecule has 4 rings (SSSR count). The Bertz CT molecular complexity index is 697. The molecule has 0 spiro atoms. The fourth-order valence-corrected chi connectivity index (χ4v) is 5.14. The number of nitrogens with zero attached hydrogens (tertiary/aromatic N) is 2. The fraction of sp³-hybridized carbons (Fsp3) is 0.636. The Kier molecular flexibility index (Phi) is 5.74. The van der Waals surface area contributed by atoms with Gasteiger partial charge in [-0.15, -0.1) is 0 Å². The monoisotopic (exact) mass is 386 g/mol. The quantitative estimate of drug-likeness (QED) is 0.704. The molecule has 152 valence electrons. The maximum atomic E-state index is 12.4. The number of benzene rings is 1. The molecule has 0 N–H and O–H groups in total. The number of piperazine rings is 1. The lowest BCUT2D eigenvalue weighted by Gasteiger charge is -2.36. The van der Waals surface area contributed by atoms with Crippen LogP contribution in [0.4, 0.5) is 5.69 Å². The average molecular weight is 386 g/mol. The van der Waals surface area contributed by atoms with Crippen molar-refractivity contribution in [2.45, 2.75) is 32.1 Å². The molecule has 6 nitrogen and oxygen atoms in total. The van der Waals surface area contributed by atoms with Gasteiger partial charge in [0, 0.05) is 38.3 Å². The minimum atomic E-state index is -0.206. The van der Waals surface area contributed by atoms with Crippen molar-refractivity contribution in [1.82, 2.24) is 4.90 Å². The van der Waals surface area contributed by atoms with E-state index in [0.717, 1.165) is 30.4 Å². The van der Waals surface area contributed by atoms with E-state index < -0.39 is 0 Å². The van der Waals surface area contributed by atoms with Crippen LogP contribution < -0.4 is 9.64 Å². The lowest BCUT2D eigenvalue weighted by Crippen LogP contribution is -2.49. The van der Waals surface area contributed by atoms with Gasteiger partial charge < -0.3 is 19.3 Å². The van der Waals surface area contributed by atoms with Crippen molar-refractivity contribution in [1.29, 1.82) is 0 Å². The smallest absolute Gasteiger partial charge is 0.306 e. The molecule has 28 heavy (non-hydrogen) atoms. The first-order chi connectivity index (χ1) is 13.6. The Balaban J connectivity index is 1.18. The lowest BCUT2D eigenvalue weighted by atomic mass is 9.86. The van der Waals surface area contributed by atoms with E-state index in [4.69, 9.17) is 9.47 Å². The zero-order chi connectivity index (χ0) is 19.5. The topological polar surface area (TPSA) is 59.1 Å². The molecular formula is C22H30N2O4. The standard InChI is InChI=1S/C22H30N2O4/c1-27-20-6-4-19(5-7-20)23-8-10-24(11-9-23)21(25)15-28-22(26)14-18-13-16-2-3-17(18)12-16/h4-7,16-18H,2-3,8-15H2,1H3/t16-,17-,18-/m1/s1. The number of fused-ring (bicyclic) bond motifs is 2. The molecule has 1 saturated heterocycles. The van der Waals surface area contributed by atoms with Crippen molar-refractivity contribution in [3.8, 4) is 5.75 Å². The summed E-state index contributed by atoms with van der Waals surface area (Å²) in [5, 5.41) is 0. The number of carbonyl (C=O) groups is 2. The van der Waals surface area contributed by atoms with Crippen molar-refractivity contribution in [3.05, 3.63) is 24.3 Å². The zero-order valence-electron chi connectivity index (χ0n) is 16.6. The van der Waals surface area contributed by atoms with Crippen LogP contribution in [-0.4, -0.2) is 56.7 Å². The molecule has 2 aliphatic carbocycles. The highest BCUT2D eigenvalue weighted by molar-refractivity contribution is 5.81. The van der Waals surface area contributed by atoms with Gasteiger partial charge in [-0.1, -0.05) is 6.42 Å². The van der Waals surface area contributed by atoms with Gasteiger partial charge in [0.1, 0.15) is 5.75 Å². The molecule has 0 radical (unpaired) electrons. The highest BCUT2D eigenvalue weighted by atomic mass is 16.5. The van der Waals surface area contributed by atoms with Gasteiger partial charge in [0.2, 0.25) is 0 Å². The summed E-state index contributed by atoms with van der Waals surface area (Å²) in [4.78, 5) is 28.6. The van der Waals surface area contributed by atoms with Crippen molar-refractivity contribution in [2.75, 3.05) is 44.8 Å². The number of amides is 1. The number of anilines is 1. The largest absolute Gasteiger partial charge is 0.497 e. The Morgan fingerprint density at radius 3 is 2.39 bits per heavy atom. The van der Waals surface area contributed by atoms with E-state index in [1.165, 1.54) is 25.7 Å². The van der Waals surface area contributed by atoms with Crippen LogP contribution in [0.1, 0.15) is 32.1 Å². The van der Waals surface area contributed by atoms with Crippen molar-refractivity contribution in [2.24, 2.45) is 17.8 Å². The SMILES string of the molecule is COc1ccc(N2CCN(C(=O)COC(=O)C[C@H]3C[C@@H]4CC[C@@H]3C4)CC2)cc1. The third-order valence-electron chi connectivity index (χ3n) is 6.74. The van der Waals surface area contributed by atoms with Crippen LogP contribution in [0, 0.1) is 17.8 Å². The van der Waals surface area contributed by atoms with E-state index in [1.54, 1.807) is 12.0 Å². The molecule has 1 heterocycles. The second-order valence-corrected chi connectivity index (χ2v) is 8.37. The van der Waals surface area contributed by atoms with Crippen LogP contribution in [0.5, 0.6) is 5.75 Å². The molecule has 3 fully saturated rings. The second kappa shape index (κ2) is 8.41. The Morgan fingerprint density at radius 2 is 1.79 bits per heavy atom. The van der Waals surface area contributed by atoms with E-state index in [0.29, 0.717) is 31.3 Å². The Hall–Kier alpha value is -2.24. The third kappa shape index (κ3) is 4.26. The van der Waals surface area contributed by atoms with E-state index in [2.05, 4.69) is 4.90 Å². The molecule has 1 aromatic rings. The van der Waals surface area contributed by atoms with Gasteiger partial charge in [-0.3, -0.25) is 9.59 Å². The molecule has 0 unspecified atom stereocenters. The fourth-order valence-electron chi connectivity index (χ4n) is 5.14.